The predicted molar refractivity (Wildman–Crippen MR) is 125 cm³/mol. The van der Waals surface area contributed by atoms with E-state index in [1.807, 2.05) is 12.1 Å². The third-order valence-corrected chi connectivity index (χ3v) is 5.71. The second-order valence-electron chi connectivity index (χ2n) is 7.61. The van der Waals surface area contributed by atoms with Gasteiger partial charge >= 0.3 is 0 Å². The number of halogens is 2. The molecule has 2 heterocycles. The minimum absolute atomic E-state index is 0.0361. The zero-order valence-electron chi connectivity index (χ0n) is 17.4. The van der Waals surface area contributed by atoms with Gasteiger partial charge in [-0.05, 0) is 55.3 Å². The van der Waals surface area contributed by atoms with E-state index in [-0.39, 0.29) is 22.4 Å². The number of nitrogens with one attached hydrogen (secondary N) is 2. The van der Waals surface area contributed by atoms with Crippen LogP contribution in [-0.4, -0.2) is 28.8 Å². The van der Waals surface area contributed by atoms with Gasteiger partial charge in [-0.3, -0.25) is 4.90 Å². The summed E-state index contributed by atoms with van der Waals surface area (Å²) in [5.74, 6) is -0.362. The highest BCUT2D eigenvalue weighted by Gasteiger charge is 2.16. The number of rotatable bonds is 6. The maximum Gasteiger partial charge on any atom is 0.165 e. The van der Waals surface area contributed by atoms with Gasteiger partial charge in [0.1, 0.15) is 5.82 Å². The molecule has 4 rings (SSSR count). The summed E-state index contributed by atoms with van der Waals surface area (Å²) in [6.45, 7) is 3.25. The molecule has 0 amide bonds. The molecule has 1 aliphatic rings. The summed E-state index contributed by atoms with van der Waals surface area (Å²) in [5.41, 5.74) is 16.8. The van der Waals surface area contributed by atoms with Crippen LogP contribution < -0.4 is 11.1 Å². The number of anilines is 2. The van der Waals surface area contributed by atoms with Crippen LogP contribution in [0.25, 0.3) is 11.1 Å². The van der Waals surface area contributed by atoms with Crippen LogP contribution in [0.1, 0.15) is 24.0 Å². The van der Waals surface area contributed by atoms with Crippen molar-refractivity contribution in [3.63, 3.8) is 0 Å². The Kier molecular flexibility index (Phi) is 6.72. The standard InChI is InChI=1S/C23H23ClFN7/c24-19-4-3-5-20(21(19)25)29-23(30-31-27)18-12-17(13-28-22(18)26)16-8-6-15(7-9-16)14-32-10-1-2-11-32/h3-9,12-13H,1-2,10-11,14H2,(H2,26,28)(H2,27,29,30). The molecule has 0 spiro atoms. The highest BCUT2D eigenvalue weighted by molar-refractivity contribution is 6.31. The Bertz CT molecular complexity index is 1140. The van der Waals surface area contributed by atoms with Crippen LogP contribution in [0.4, 0.5) is 15.9 Å². The average Bonchev–Trinajstić information content (AvgIpc) is 3.31. The summed E-state index contributed by atoms with van der Waals surface area (Å²) >= 11 is 5.87. The molecule has 2 aromatic carbocycles. The number of hydrogen-bond acceptors (Lipinski definition) is 5. The summed E-state index contributed by atoms with van der Waals surface area (Å²) in [4.78, 5) is 6.72. The Balaban J connectivity index is 1.61. The summed E-state index contributed by atoms with van der Waals surface area (Å²) in [6, 6.07) is 14.6. The normalized spacial score (nSPS) is 14.5. The Morgan fingerprint density at radius 1 is 1.16 bits per heavy atom. The van der Waals surface area contributed by atoms with Crippen molar-refractivity contribution in [2.75, 3.05) is 24.1 Å². The van der Waals surface area contributed by atoms with E-state index in [9.17, 15) is 4.39 Å². The lowest BCUT2D eigenvalue weighted by atomic mass is 10.0. The van der Waals surface area contributed by atoms with Crippen molar-refractivity contribution in [3.8, 4) is 11.1 Å². The van der Waals surface area contributed by atoms with Crippen LogP contribution in [0.15, 0.2) is 65.1 Å². The second kappa shape index (κ2) is 9.84. The number of pyridine rings is 1. The maximum absolute atomic E-state index is 14.4. The summed E-state index contributed by atoms with van der Waals surface area (Å²) < 4.78 is 14.4. The number of hydrogen-bond donors (Lipinski definition) is 3. The van der Waals surface area contributed by atoms with E-state index in [1.165, 1.54) is 30.5 Å². The molecular formula is C23H23ClFN7. The number of likely N-dealkylation sites (tertiary alicyclic amines) is 1. The molecule has 0 aliphatic carbocycles. The van der Waals surface area contributed by atoms with Gasteiger partial charge in [-0.25, -0.2) is 9.37 Å². The molecule has 164 valence electrons. The van der Waals surface area contributed by atoms with Gasteiger partial charge in [-0.15, -0.1) is 5.10 Å². The lowest BCUT2D eigenvalue weighted by Gasteiger charge is -2.15. The van der Waals surface area contributed by atoms with Gasteiger partial charge < -0.3 is 11.1 Å². The predicted octanol–water partition coefficient (Wildman–Crippen LogP) is 5.52. The van der Waals surface area contributed by atoms with Crippen LogP contribution in [0.2, 0.25) is 5.02 Å². The Hall–Kier alpha value is -3.36. The van der Waals surface area contributed by atoms with Crippen molar-refractivity contribution in [2.45, 2.75) is 19.4 Å². The van der Waals surface area contributed by atoms with Crippen molar-refractivity contribution >= 4 is 28.9 Å². The average molecular weight is 452 g/mol. The molecule has 1 fully saturated rings. The Labute approximate surface area is 190 Å². The van der Waals surface area contributed by atoms with E-state index < -0.39 is 5.82 Å². The van der Waals surface area contributed by atoms with Crippen molar-refractivity contribution in [1.29, 1.82) is 5.53 Å². The SMILES string of the molecule is N=N/N=C(\Nc1cccc(Cl)c1F)c1cc(-c2ccc(CN3CCCC3)cc2)cnc1N. The van der Waals surface area contributed by atoms with Crippen molar-refractivity contribution in [3.05, 3.63) is 76.7 Å². The van der Waals surface area contributed by atoms with Gasteiger partial charge in [0.15, 0.2) is 11.7 Å². The van der Waals surface area contributed by atoms with Crippen molar-refractivity contribution < 1.29 is 4.39 Å². The quantitative estimate of drug-likeness (QED) is 0.198. The van der Waals surface area contributed by atoms with Crippen LogP contribution in [0.3, 0.4) is 0 Å². The van der Waals surface area contributed by atoms with E-state index in [0.717, 1.165) is 30.8 Å². The molecule has 1 aromatic heterocycles. The zero-order valence-corrected chi connectivity index (χ0v) is 18.1. The third-order valence-electron chi connectivity index (χ3n) is 5.42. The monoisotopic (exact) mass is 451 g/mol. The summed E-state index contributed by atoms with van der Waals surface area (Å²) in [6.07, 6.45) is 4.20. The largest absolute Gasteiger partial charge is 0.383 e. The second-order valence-corrected chi connectivity index (χ2v) is 8.02. The molecule has 3 aromatic rings. The first kappa shape index (κ1) is 21.9. The molecule has 9 heteroatoms. The fraction of sp³-hybridized carbons (Fsp3) is 0.217. The number of benzene rings is 2. The number of nitrogens with zero attached hydrogens (tertiary/aromatic N) is 4. The molecule has 0 saturated carbocycles. The van der Waals surface area contributed by atoms with Crippen molar-refractivity contribution in [1.82, 2.24) is 9.88 Å². The molecule has 1 aliphatic heterocycles. The van der Waals surface area contributed by atoms with Crippen LogP contribution in [0, 0.1) is 11.3 Å². The smallest absolute Gasteiger partial charge is 0.165 e. The van der Waals surface area contributed by atoms with Gasteiger partial charge in [0.25, 0.3) is 0 Å². The van der Waals surface area contributed by atoms with E-state index in [2.05, 4.69) is 37.7 Å². The molecule has 0 bridgehead atoms. The van der Waals surface area contributed by atoms with E-state index >= 15 is 0 Å². The van der Waals surface area contributed by atoms with Crippen molar-refractivity contribution in [2.24, 2.45) is 10.3 Å². The molecule has 7 nitrogen and oxygen atoms in total. The minimum Gasteiger partial charge on any atom is -0.383 e. The molecule has 0 unspecified atom stereocenters. The van der Waals surface area contributed by atoms with E-state index in [0.29, 0.717) is 5.56 Å². The van der Waals surface area contributed by atoms with Crippen LogP contribution in [0.5, 0.6) is 0 Å². The molecule has 4 N–H and O–H groups in total. The molecule has 0 atom stereocenters. The fourth-order valence-corrected chi connectivity index (χ4v) is 3.92. The van der Waals surface area contributed by atoms with Gasteiger partial charge in [0.05, 0.1) is 16.3 Å². The van der Waals surface area contributed by atoms with E-state index in [4.69, 9.17) is 22.9 Å². The lowest BCUT2D eigenvalue weighted by Crippen LogP contribution is -2.18. The molecule has 1 saturated heterocycles. The molecule has 0 radical (unpaired) electrons. The number of nitrogen functional groups attached to an aromatic ring is 1. The Morgan fingerprint density at radius 3 is 2.62 bits per heavy atom. The highest BCUT2D eigenvalue weighted by atomic mass is 35.5. The lowest BCUT2D eigenvalue weighted by molar-refractivity contribution is 0.331. The third kappa shape index (κ3) is 4.92. The summed E-state index contributed by atoms with van der Waals surface area (Å²) in [5, 5.41) is 9.68. The summed E-state index contributed by atoms with van der Waals surface area (Å²) in [7, 11) is 0. The van der Waals surface area contributed by atoms with E-state index in [1.54, 1.807) is 18.3 Å². The van der Waals surface area contributed by atoms with Gasteiger partial charge in [0.2, 0.25) is 0 Å². The highest BCUT2D eigenvalue weighted by Crippen LogP contribution is 2.26. The number of nitrogens with two attached hydrogens (primary N) is 1. The minimum atomic E-state index is -0.636. The molecule has 32 heavy (non-hydrogen) atoms. The number of amidine groups is 1. The molecular weight excluding hydrogens is 429 g/mol. The maximum atomic E-state index is 14.4. The van der Waals surface area contributed by atoms with Gasteiger partial charge in [0, 0.05) is 18.3 Å². The zero-order chi connectivity index (χ0) is 22.5. The first-order chi connectivity index (χ1) is 15.5. The Morgan fingerprint density at radius 2 is 1.91 bits per heavy atom. The van der Waals surface area contributed by atoms with Gasteiger partial charge in [-0.2, -0.15) is 5.53 Å². The first-order valence-electron chi connectivity index (χ1n) is 10.3. The first-order valence-corrected chi connectivity index (χ1v) is 10.7. The number of aromatic nitrogens is 1. The fourth-order valence-electron chi connectivity index (χ4n) is 3.75. The van der Waals surface area contributed by atoms with Crippen LogP contribution in [-0.2, 0) is 6.54 Å². The topological polar surface area (TPSA) is 103 Å². The van der Waals surface area contributed by atoms with Crippen LogP contribution >= 0.6 is 11.6 Å². The van der Waals surface area contributed by atoms with Gasteiger partial charge in [-0.1, -0.05) is 47.2 Å².